The summed E-state index contributed by atoms with van der Waals surface area (Å²) in [5.41, 5.74) is 16.2. The summed E-state index contributed by atoms with van der Waals surface area (Å²) in [6, 6.07) is 72.1. The molecule has 5 heterocycles. The predicted molar refractivity (Wildman–Crippen MR) is 254 cm³/mol. The highest BCUT2D eigenvalue weighted by Gasteiger charge is 2.24. The van der Waals surface area contributed by atoms with Gasteiger partial charge in [0, 0.05) is 65.6 Å². The summed E-state index contributed by atoms with van der Waals surface area (Å²) in [5.74, 6) is 0. The van der Waals surface area contributed by atoms with E-state index in [2.05, 4.69) is 202 Å². The third-order valence-corrected chi connectivity index (χ3v) is 12.9. The van der Waals surface area contributed by atoms with Crippen LogP contribution < -0.4 is 0 Å². The first-order valence-electron chi connectivity index (χ1n) is 20.8. The van der Waals surface area contributed by atoms with Crippen molar-refractivity contribution in [2.45, 2.75) is 0 Å². The summed E-state index contributed by atoms with van der Waals surface area (Å²) < 4.78 is 7.29. The van der Waals surface area contributed by atoms with Gasteiger partial charge in [-0.2, -0.15) is 0 Å². The molecule has 0 saturated heterocycles. The Kier molecular flexibility index (Phi) is 6.49. The molecule has 5 nitrogen and oxygen atoms in total. The summed E-state index contributed by atoms with van der Waals surface area (Å²) in [4.78, 5) is 10.7. The summed E-state index contributed by atoms with van der Waals surface area (Å²) >= 11 is 0. The van der Waals surface area contributed by atoms with Crippen molar-refractivity contribution in [2.75, 3.05) is 0 Å². The van der Waals surface area contributed by atoms with Gasteiger partial charge in [0.15, 0.2) is 0 Å². The fraction of sp³-hybridized carbons (Fsp3) is 0. The topological polar surface area (TPSA) is 40.0 Å². The number of aromatic nitrogens is 5. The first-order valence-corrected chi connectivity index (χ1v) is 20.8. The van der Waals surface area contributed by atoms with Crippen LogP contribution in [0.1, 0.15) is 0 Å². The van der Waals surface area contributed by atoms with Gasteiger partial charge in [-0.1, -0.05) is 121 Å². The van der Waals surface area contributed by atoms with E-state index in [4.69, 9.17) is 9.97 Å². The molecule has 282 valence electrons. The Morgan fingerprint density at radius 2 is 0.770 bits per heavy atom. The number of hydrogen-bond acceptors (Lipinski definition) is 2. The second-order valence-electron chi connectivity index (χ2n) is 16.1. The lowest BCUT2D eigenvalue weighted by atomic mass is 10.0. The van der Waals surface area contributed by atoms with E-state index in [-0.39, 0.29) is 0 Å². The molecule has 5 heteroatoms. The summed E-state index contributed by atoms with van der Waals surface area (Å²) in [6.07, 6.45) is 0. The van der Waals surface area contributed by atoms with E-state index in [1.165, 1.54) is 76.2 Å². The molecule has 0 unspecified atom stereocenters. The number of benzene rings is 9. The third-order valence-electron chi connectivity index (χ3n) is 12.9. The van der Waals surface area contributed by atoms with Crippen LogP contribution in [0.4, 0.5) is 0 Å². The lowest BCUT2D eigenvalue weighted by Gasteiger charge is -2.13. The lowest BCUT2D eigenvalue weighted by Crippen LogP contribution is -1.97. The zero-order valence-electron chi connectivity index (χ0n) is 32.8. The minimum Gasteiger partial charge on any atom is -0.309 e. The highest BCUT2D eigenvalue weighted by molar-refractivity contribution is 6.34. The van der Waals surface area contributed by atoms with Gasteiger partial charge >= 0.3 is 0 Å². The average molecular weight is 776 g/mol. The normalized spacial score (nSPS) is 12.3. The SMILES string of the molecule is c1ccc(-n2c3ccccc3c3cc(-c4nc5ccccc5nc4-c4ccc(-n5c6ccccc6c6cc7c8ccccc8n8c9ccccc9c(c65)c78)cc4)ccc32)cc1. The maximum atomic E-state index is 5.35. The van der Waals surface area contributed by atoms with E-state index in [9.17, 15) is 0 Å². The molecule has 0 atom stereocenters. The largest absolute Gasteiger partial charge is 0.309 e. The monoisotopic (exact) mass is 775 g/mol. The van der Waals surface area contributed by atoms with Crippen molar-refractivity contribution in [1.29, 1.82) is 0 Å². The Bertz CT molecular complexity index is 4090. The molecule has 61 heavy (non-hydrogen) atoms. The standard InChI is InChI=1S/C56H33N5/c1-2-14-36(15-3-1)59-47-22-10-4-16-38(47)42-32-35(28-31-51(42)59)54-53(57-45-20-8-9-21-46(45)58-54)34-26-29-37(30-27-34)60-48-23-11-5-17-39(48)43-33-44-40-18-6-12-24-49(40)61-50-25-13-7-19-41(50)52(55(43)60)56(44)61/h1-33H. The zero-order chi connectivity index (χ0) is 39.8. The van der Waals surface area contributed by atoms with Gasteiger partial charge < -0.3 is 13.5 Å². The highest BCUT2D eigenvalue weighted by Crippen LogP contribution is 2.47. The molecule has 0 aliphatic heterocycles. The first-order chi connectivity index (χ1) is 30.3. The van der Waals surface area contributed by atoms with Crippen LogP contribution in [0.3, 0.4) is 0 Å². The smallest absolute Gasteiger partial charge is 0.0973 e. The number of fused-ring (bicyclic) bond motifs is 14. The molecular weight excluding hydrogens is 743 g/mol. The van der Waals surface area contributed by atoms with Crippen LogP contribution in [0.2, 0.25) is 0 Å². The number of rotatable bonds is 4. The van der Waals surface area contributed by atoms with Crippen LogP contribution in [-0.2, 0) is 0 Å². The fourth-order valence-corrected chi connectivity index (χ4v) is 10.4. The summed E-state index contributed by atoms with van der Waals surface area (Å²) in [5, 5.41) is 10.0. The molecule has 0 N–H and O–H groups in total. The molecule has 0 bridgehead atoms. The second-order valence-corrected chi connectivity index (χ2v) is 16.1. The van der Waals surface area contributed by atoms with Gasteiger partial charge in [0.25, 0.3) is 0 Å². The van der Waals surface area contributed by atoms with Crippen LogP contribution in [0.15, 0.2) is 200 Å². The van der Waals surface area contributed by atoms with E-state index in [1.54, 1.807) is 0 Å². The minimum absolute atomic E-state index is 0.859. The Hall–Kier alpha value is -8.28. The van der Waals surface area contributed by atoms with Crippen molar-refractivity contribution in [2.24, 2.45) is 0 Å². The summed E-state index contributed by atoms with van der Waals surface area (Å²) in [7, 11) is 0. The van der Waals surface area contributed by atoms with Gasteiger partial charge in [-0.3, -0.25) is 0 Å². The van der Waals surface area contributed by atoms with Crippen molar-refractivity contribution in [3.63, 3.8) is 0 Å². The zero-order valence-corrected chi connectivity index (χ0v) is 32.8. The molecule has 14 rings (SSSR count). The van der Waals surface area contributed by atoms with E-state index >= 15 is 0 Å². The van der Waals surface area contributed by atoms with Crippen LogP contribution >= 0.6 is 0 Å². The second kappa shape index (κ2) is 12.1. The quantitative estimate of drug-likeness (QED) is 0.179. The Labute approximate surface area is 348 Å². The van der Waals surface area contributed by atoms with Crippen molar-refractivity contribution >= 4 is 92.7 Å². The molecule has 0 aliphatic rings. The van der Waals surface area contributed by atoms with Crippen molar-refractivity contribution in [3.8, 4) is 33.9 Å². The van der Waals surface area contributed by atoms with Gasteiger partial charge in [-0.15, -0.1) is 0 Å². The fourth-order valence-electron chi connectivity index (χ4n) is 10.4. The van der Waals surface area contributed by atoms with E-state index in [0.717, 1.165) is 50.4 Å². The van der Waals surface area contributed by atoms with Crippen LogP contribution in [0.5, 0.6) is 0 Å². The van der Waals surface area contributed by atoms with Crippen molar-refractivity contribution < 1.29 is 0 Å². The van der Waals surface area contributed by atoms with Crippen LogP contribution in [0.25, 0.3) is 127 Å². The van der Waals surface area contributed by atoms with Gasteiger partial charge in [0.05, 0.1) is 61.0 Å². The molecule has 5 aromatic heterocycles. The molecule has 0 amide bonds. The Morgan fingerprint density at radius 3 is 1.48 bits per heavy atom. The van der Waals surface area contributed by atoms with E-state index in [1.807, 2.05) is 12.1 Å². The van der Waals surface area contributed by atoms with Gasteiger partial charge in [-0.25, -0.2) is 9.97 Å². The molecule has 0 saturated carbocycles. The molecule has 14 aromatic rings. The number of hydrogen-bond donors (Lipinski definition) is 0. The first kappa shape index (κ1) is 32.7. The molecule has 0 aliphatic carbocycles. The predicted octanol–water partition coefficient (Wildman–Crippen LogP) is 14.3. The maximum absolute atomic E-state index is 5.35. The van der Waals surface area contributed by atoms with Crippen LogP contribution in [-0.4, -0.2) is 23.5 Å². The lowest BCUT2D eigenvalue weighted by molar-refractivity contribution is 1.18. The molecule has 9 aromatic carbocycles. The van der Waals surface area contributed by atoms with E-state index < -0.39 is 0 Å². The van der Waals surface area contributed by atoms with E-state index in [0.29, 0.717) is 0 Å². The number of nitrogens with zero attached hydrogens (tertiary/aromatic N) is 5. The number of para-hydroxylation sites is 7. The molecule has 0 radical (unpaired) electrons. The Morgan fingerprint density at radius 1 is 0.295 bits per heavy atom. The minimum atomic E-state index is 0.859. The maximum Gasteiger partial charge on any atom is 0.0973 e. The molecule has 0 spiro atoms. The Balaban J connectivity index is 0.993. The molecule has 0 fully saturated rings. The van der Waals surface area contributed by atoms with Crippen LogP contribution in [0, 0.1) is 0 Å². The van der Waals surface area contributed by atoms with Gasteiger partial charge in [0.2, 0.25) is 0 Å². The van der Waals surface area contributed by atoms with Gasteiger partial charge in [0.1, 0.15) is 0 Å². The van der Waals surface area contributed by atoms with Crippen molar-refractivity contribution in [1.82, 2.24) is 23.5 Å². The highest BCUT2D eigenvalue weighted by atomic mass is 15.0. The molecular formula is C56H33N5. The van der Waals surface area contributed by atoms with Crippen molar-refractivity contribution in [3.05, 3.63) is 200 Å². The third kappa shape index (κ3) is 4.44. The average Bonchev–Trinajstić information content (AvgIpc) is 4.05. The van der Waals surface area contributed by atoms with Gasteiger partial charge in [-0.05, 0) is 78.9 Å². The summed E-state index contributed by atoms with van der Waals surface area (Å²) in [6.45, 7) is 0.